The quantitative estimate of drug-likeness (QED) is 0.827. The smallest absolute Gasteiger partial charge is 0.217 e. The minimum Gasteiger partial charge on any atom is -0.593 e. The molecule has 0 bridgehead atoms. The van der Waals surface area contributed by atoms with Crippen molar-refractivity contribution in [3.63, 3.8) is 0 Å². The summed E-state index contributed by atoms with van der Waals surface area (Å²) >= 11 is 4.70. The highest BCUT2D eigenvalue weighted by Gasteiger charge is 2.40. The molecule has 1 aliphatic heterocycles. The lowest BCUT2D eigenvalue weighted by Gasteiger charge is -2.36. The second kappa shape index (κ2) is 7.38. The van der Waals surface area contributed by atoms with Crippen molar-refractivity contribution in [2.24, 2.45) is 5.41 Å². The Balaban J connectivity index is 1.69. The molecule has 1 fully saturated rings. The molecule has 1 aromatic carbocycles. The molecule has 1 aliphatic rings. The van der Waals surface area contributed by atoms with Gasteiger partial charge in [-0.25, -0.2) is 0 Å². The molecule has 0 saturated carbocycles. The van der Waals surface area contributed by atoms with E-state index in [2.05, 4.69) is 16.3 Å². The minimum atomic E-state index is -1.23. The first-order valence-electron chi connectivity index (χ1n) is 8.28. The topological polar surface area (TPSA) is 78.8 Å². The van der Waals surface area contributed by atoms with Crippen LogP contribution in [-0.2, 0) is 17.8 Å². The van der Waals surface area contributed by atoms with Crippen LogP contribution in [0.4, 0.5) is 0 Å². The van der Waals surface area contributed by atoms with Crippen LogP contribution in [-0.4, -0.2) is 32.1 Å². The van der Waals surface area contributed by atoms with Gasteiger partial charge in [-0.15, -0.1) is 4.31 Å². The maximum atomic E-state index is 12.9. The summed E-state index contributed by atoms with van der Waals surface area (Å²) in [6, 6.07) is 10.2. The summed E-state index contributed by atoms with van der Waals surface area (Å²) < 4.78 is 14.8. The Bertz CT molecular complexity index is 756. The predicted octanol–water partition coefficient (Wildman–Crippen LogP) is 3.55. The summed E-state index contributed by atoms with van der Waals surface area (Å²) in [7, 11) is 0. The molecule has 1 atom stereocenters. The number of aryl methyl sites for hydroxylation is 2. The number of H-pyrrole nitrogens is 1. The molecule has 0 radical (unpaired) electrons. The lowest BCUT2D eigenvalue weighted by Crippen LogP contribution is -2.43. The van der Waals surface area contributed by atoms with E-state index in [1.165, 1.54) is 0 Å². The van der Waals surface area contributed by atoms with Gasteiger partial charge in [-0.05, 0) is 50.8 Å². The van der Waals surface area contributed by atoms with Crippen LogP contribution in [0, 0.1) is 30.6 Å². The predicted molar refractivity (Wildman–Crippen MR) is 98.5 cm³/mol. The Morgan fingerprint density at radius 2 is 1.96 bits per heavy atom. The number of rotatable bonds is 4. The van der Waals surface area contributed by atoms with Gasteiger partial charge in [-0.1, -0.05) is 23.7 Å². The van der Waals surface area contributed by atoms with Crippen molar-refractivity contribution in [1.82, 2.24) is 14.5 Å². The van der Waals surface area contributed by atoms with Crippen molar-refractivity contribution >= 4 is 23.0 Å². The standard InChI is InChI=1S/C18H21ClN4OS/c1-13-17(14(2)22-21-13)25(24)23-9-7-18(12-20,8-10-23)11-15-3-5-16(19)6-4-15/h3-6H,7-11H2,1-2H3,(H,21,22). The molecule has 1 saturated heterocycles. The molecule has 25 heavy (non-hydrogen) atoms. The van der Waals surface area contributed by atoms with Crippen LogP contribution in [0.15, 0.2) is 29.2 Å². The maximum Gasteiger partial charge on any atom is 0.217 e. The van der Waals surface area contributed by atoms with Crippen LogP contribution >= 0.6 is 11.6 Å². The molecule has 2 heterocycles. The van der Waals surface area contributed by atoms with E-state index in [0.29, 0.717) is 37.4 Å². The van der Waals surface area contributed by atoms with E-state index in [9.17, 15) is 9.81 Å². The van der Waals surface area contributed by atoms with E-state index >= 15 is 0 Å². The number of benzene rings is 1. The van der Waals surface area contributed by atoms with Crippen LogP contribution in [0.3, 0.4) is 0 Å². The van der Waals surface area contributed by atoms with Gasteiger partial charge in [-0.2, -0.15) is 10.4 Å². The van der Waals surface area contributed by atoms with Crippen molar-refractivity contribution in [1.29, 1.82) is 5.26 Å². The van der Waals surface area contributed by atoms with E-state index in [1.807, 2.05) is 42.4 Å². The second-order valence-electron chi connectivity index (χ2n) is 6.64. The van der Waals surface area contributed by atoms with Crippen molar-refractivity contribution in [2.45, 2.75) is 38.0 Å². The first kappa shape index (κ1) is 18.3. The first-order chi connectivity index (χ1) is 11.9. The molecule has 7 heteroatoms. The molecular weight excluding hydrogens is 356 g/mol. The summed E-state index contributed by atoms with van der Waals surface area (Å²) in [6.07, 6.45) is 2.10. The Kier molecular flexibility index (Phi) is 5.40. The summed E-state index contributed by atoms with van der Waals surface area (Å²) in [4.78, 5) is 0.766. The van der Waals surface area contributed by atoms with E-state index < -0.39 is 16.8 Å². The Hall–Kier alpha value is -1.52. The molecule has 2 aromatic rings. The van der Waals surface area contributed by atoms with Gasteiger partial charge in [0.25, 0.3) is 0 Å². The summed E-state index contributed by atoms with van der Waals surface area (Å²) in [6.45, 7) is 5.02. The SMILES string of the molecule is Cc1n[nH]c(C)c1[S+]([O-])N1CCC(C#N)(Cc2ccc(Cl)cc2)CC1. The Morgan fingerprint density at radius 3 is 2.48 bits per heavy atom. The molecule has 0 spiro atoms. The van der Waals surface area contributed by atoms with E-state index in [-0.39, 0.29) is 0 Å². The normalized spacial score (nSPS) is 18.7. The molecule has 132 valence electrons. The number of nitriles is 1. The zero-order valence-electron chi connectivity index (χ0n) is 14.4. The number of piperidine rings is 1. The van der Waals surface area contributed by atoms with Crippen LogP contribution in [0.2, 0.25) is 5.02 Å². The molecule has 5 nitrogen and oxygen atoms in total. The van der Waals surface area contributed by atoms with Crippen molar-refractivity contribution < 1.29 is 4.55 Å². The number of aromatic nitrogens is 2. The zero-order valence-corrected chi connectivity index (χ0v) is 16.0. The number of halogens is 1. The zero-order chi connectivity index (χ0) is 18.0. The van der Waals surface area contributed by atoms with Crippen molar-refractivity contribution in [3.05, 3.63) is 46.2 Å². The number of aromatic amines is 1. The van der Waals surface area contributed by atoms with E-state index in [1.54, 1.807) is 0 Å². The monoisotopic (exact) mass is 376 g/mol. The van der Waals surface area contributed by atoms with Gasteiger partial charge in [0.15, 0.2) is 0 Å². The Morgan fingerprint density at radius 1 is 1.32 bits per heavy atom. The third kappa shape index (κ3) is 3.85. The van der Waals surface area contributed by atoms with Gasteiger partial charge >= 0.3 is 0 Å². The van der Waals surface area contributed by atoms with Crippen molar-refractivity contribution in [2.75, 3.05) is 13.1 Å². The summed E-state index contributed by atoms with van der Waals surface area (Å²) in [5.41, 5.74) is 2.32. The second-order valence-corrected chi connectivity index (χ2v) is 8.50. The lowest BCUT2D eigenvalue weighted by atomic mass is 9.75. The van der Waals surface area contributed by atoms with Gasteiger partial charge in [0.2, 0.25) is 4.90 Å². The Labute approximate surface area is 156 Å². The van der Waals surface area contributed by atoms with Gasteiger partial charge in [0.1, 0.15) is 5.69 Å². The maximum absolute atomic E-state index is 12.9. The molecule has 1 aromatic heterocycles. The highest BCUT2D eigenvalue weighted by atomic mass is 35.5. The van der Waals surface area contributed by atoms with Crippen LogP contribution in [0.25, 0.3) is 0 Å². The number of nitrogens with zero attached hydrogens (tertiary/aromatic N) is 3. The number of hydrogen-bond acceptors (Lipinski definition) is 4. The highest BCUT2D eigenvalue weighted by molar-refractivity contribution is 7.89. The summed E-state index contributed by atoms with van der Waals surface area (Å²) in [5.74, 6) is 0. The average Bonchev–Trinajstić information content (AvgIpc) is 2.95. The highest BCUT2D eigenvalue weighted by Crippen LogP contribution is 2.37. The van der Waals surface area contributed by atoms with E-state index in [4.69, 9.17) is 11.6 Å². The average molecular weight is 377 g/mol. The number of hydrogen-bond donors (Lipinski definition) is 1. The molecule has 1 N–H and O–H groups in total. The molecule has 3 rings (SSSR count). The molecule has 0 aliphatic carbocycles. The lowest BCUT2D eigenvalue weighted by molar-refractivity contribution is 0.212. The fourth-order valence-corrected chi connectivity index (χ4v) is 4.83. The third-order valence-corrected chi connectivity index (χ3v) is 6.88. The fourth-order valence-electron chi connectivity index (χ4n) is 3.33. The van der Waals surface area contributed by atoms with Gasteiger partial charge in [-0.3, -0.25) is 5.10 Å². The first-order valence-corrected chi connectivity index (χ1v) is 9.77. The third-order valence-electron chi connectivity index (χ3n) is 4.84. The van der Waals surface area contributed by atoms with Crippen LogP contribution in [0.5, 0.6) is 0 Å². The van der Waals surface area contributed by atoms with Gasteiger partial charge < -0.3 is 4.55 Å². The largest absolute Gasteiger partial charge is 0.593 e. The molecular formula is C18H21ClN4OS. The minimum absolute atomic E-state index is 0.408. The fraction of sp³-hybridized carbons (Fsp3) is 0.444. The van der Waals surface area contributed by atoms with E-state index in [0.717, 1.165) is 21.8 Å². The van der Waals surface area contributed by atoms with Crippen LogP contribution in [0.1, 0.15) is 29.8 Å². The molecule has 0 amide bonds. The van der Waals surface area contributed by atoms with Gasteiger partial charge in [0, 0.05) is 18.1 Å². The molecule has 1 unspecified atom stereocenters. The van der Waals surface area contributed by atoms with Crippen molar-refractivity contribution in [3.8, 4) is 6.07 Å². The number of nitrogens with one attached hydrogen (secondary N) is 1. The summed E-state index contributed by atoms with van der Waals surface area (Å²) in [5, 5.41) is 17.5. The van der Waals surface area contributed by atoms with Crippen LogP contribution < -0.4 is 0 Å². The van der Waals surface area contributed by atoms with Gasteiger partial charge in [0.05, 0.1) is 28.5 Å².